The van der Waals surface area contributed by atoms with E-state index in [0.717, 1.165) is 31.4 Å². The standard InChI is InChI=1S/C17H19ClN6O.CH2O2/c1-23-6-2-3-12(9-23)20-17-22-21-16(14-8-19-10-24(14)17)13-5-4-11(18)7-15(13)25;2-1-3/h4-5,7-8,10,12,25H,2-3,6,9H2,1H3,(H,20,22);1H,(H,2,3)/t12-;/m1./s1. The first-order valence-electron chi connectivity index (χ1n) is 8.74. The molecule has 0 radical (unpaired) electrons. The lowest BCUT2D eigenvalue weighted by Gasteiger charge is -2.30. The fourth-order valence-corrected chi connectivity index (χ4v) is 3.46. The third-order valence-corrected chi connectivity index (χ3v) is 4.76. The van der Waals surface area contributed by atoms with Gasteiger partial charge in [-0.1, -0.05) is 11.6 Å². The number of likely N-dealkylation sites (tertiary alicyclic amines) is 1. The van der Waals surface area contributed by atoms with E-state index in [1.807, 2.05) is 4.40 Å². The Morgan fingerprint density at radius 2 is 2.14 bits per heavy atom. The SMILES string of the molecule is CN1CCC[C@@H](Nc2nnc(-c3ccc(Cl)cc3O)c3cncn23)C1.O=CO. The van der Waals surface area contributed by atoms with Crippen LogP contribution in [-0.4, -0.2) is 67.3 Å². The first-order valence-corrected chi connectivity index (χ1v) is 9.12. The number of likely N-dealkylation sites (N-methyl/N-ethyl adjacent to an activating group) is 1. The van der Waals surface area contributed by atoms with Gasteiger partial charge in [-0.2, -0.15) is 0 Å². The highest BCUT2D eigenvalue weighted by Gasteiger charge is 2.20. The second-order valence-electron chi connectivity index (χ2n) is 6.53. The molecule has 0 amide bonds. The molecule has 1 aliphatic rings. The molecule has 1 fully saturated rings. The van der Waals surface area contributed by atoms with Crippen LogP contribution in [0.4, 0.5) is 5.95 Å². The van der Waals surface area contributed by atoms with Gasteiger partial charge in [0.2, 0.25) is 5.95 Å². The topological polar surface area (TPSA) is 116 Å². The quantitative estimate of drug-likeness (QED) is 0.570. The number of imidazole rings is 1. The molecule has 3 aromatic rings. The van der Waals surface area contributed by atoms with Crippen LogP contribution in [0.5, 0.6) is 5.75 Å². The number of phenolic OH excluding ortho intramolecular Hbond substituents is 1. The third-order valence-electron chi connectivity index (χ3n) is 4.53. The molecular weight excluding hydrogens is 384 g/mol. The minimum absolute atomic E-state index is 0.0690. The number of rotatable bonds is 3. The van der Waals surface area contributed by atoms with E-state index in [9.17, 15) is 5.11 Å². The molecule has 2 aromatic heterocycles. The number of fused-ring (bicyclic) bond motifs is 1. The molecule has 3 N–H and O–H groups in total. The molecule has 10 heteroatoms. The molecule has 9 nitrogen and oxygen atoms in total. The molecule has 0 unspecified atom stereocenters. The Hall–Kier alpha value is -2.91. The fraction of sp³-hybridized carbons (Fsp3) is 0.333. The van der Waals surface area contributed by atoms with Crippen molar-refractivity contribution in [1.82, 2.24) is 24.5 Å². The average Bonchev–Trinajstić information content (AvgIpc) is 3.14. The van der Waals surface area contributed by atoms with Gasteiger partial charge in [0.25, 0.3) is 6.47 Å². The molecule has 0 aliphatic carbocycles. The van der Waals surface area contributed by atoms with Gasteiger partial charge in [-0.15, -0.1) is 10.2 Å². The number of nitrogens with zero attached hydrogens (tertiary/aromatic N) is 5. The van der Waals surface area contributed by atoms with Crippen LogP contribution in [0.15, 0.2) is 30.7 Å². The second-order valence-corrected chi connectivity index (χ2v) is 6.97. The van der Waals surface area contributed by atoms with Crippen LogP contribution >= 0.6 is 11.6 Å². The number of carbonyl (C=O) groups is 1. The number of piperidine rings is 1. The number of carboxylic acid groups (broad SMARTS) is 1. The van der Waals surface area contributed by atoms with E-state index in [0.29, 0.717) is 28.3 Å². The summed E-state index contributed by atoms with van der Waals surface area (Å²) in [6.07, 6.45) is 5.68. The zero-order chi connectivity index (χ0) is 20.1. The van der Waals surface area contributed by atoms with E-state index in [2.05, 4.69) is 32.4 Å². The molecule has 3 heterocycles. The van der Waals surface area contributed by atoms with Crippen LogP contribution in [0.1, 0.15) is 12.8 Å². The predicted molar refractivity (Wildman–Crippen MR) is 106 cm³/mol. The zero-order valence-corrected chi connectivity index (χ0v) is 16.0. The number of nitrogens with one attached hydrogen (secondary N) is 1. The van der Waals surface area contributed by atoms with Crippen molar-refractivity contribution in [3.63, 3.8) is 0 Å². The van der Waals surface area contributed by atoms with Crippen LogP contribution in [0.25, 0.3) is 16.8 Å². The molecule has 0 saturated carbocycles. The Morgan fingerprint density at radius 1 is 1.36 bits per heavy atom. The van der Waals surface area contributed by atoms with E-state index >= 15 is 0 Å². The van der Waals surface area contributed by atoms with Gasteiger partial charge in [0, 0.05) is 23.2 Å². The zero-order valence-electron chi connectivity index (χ0n) is 15.3. The van der Waals surface area contributed by atoms with E-state index in [4.69, 9.17) is 21.5 Å². The number of halogens is 1. The van der Waals surface area contributed by atoms with Gasteiger partial charge < -0.3 is 20.4 Å². The summed E-state index contributed by atoms with van der Waals surface area (Å²) >= 11 is 5.92. The van der Waals surface area contributed by atoms with Crippen molar-refractivity contribution < 1.29 is 15.0 Å². The van der Waals surface area contributed by atoms with Crippen LogP contribution in [0, 0.1) is 0 Å². The summed E-state index contributed by atoms with van der Waals surface area (Å²) in [6, 6.07) is 5.27. The average molecular weight is 405 g/mol. The van der Waals surface area contributed by atoms with Crippen molar-refractivity contribution in [3.8, 4) is 17.0 Å². The lowest BCUT2D eigenvalue weighted by molar-refractivity contribution is -0.122. The Balaban J connectivity index is 0.000000706. The van der Waals surface area contributed by atoms with Gasteiger partial charge in [0.05, 0.1) is 11.7 Å². The maximum atomic E-state index is 10.2. The Kier molecular flexibility index (Phi) is 6.27. The van der Waals surface area contributed by atoms with Crippen LogP contribution < -0.4 is 5.32 Å². The lowest BCUT2D eigenvalue weighted by atomic mass is 10.1. The summed E-state index contributed by atoms with van der Waals surface area (Å²) in [6.45, 7) is 1.84. The highest BCUT2D eigenvalue weighted by atomic mass is 35.5. The number of aromatic hydroxyl groups is 1. The normalized spacial score (nSPS) is 17.0. The molecule has 28 heavy (non-hydrogen) atoms. The maximum absolute atomic E-state index is 10.2. The highest BCUT2D eigenvalue weighted by molar-refractivity contribution is 6.30. The summed E-state index contributed by atoms with van der Waals surface area (Å²) in [7, 11) is 2.12. The number of aromatic nitrogens is 4. The second kappa shape index (κ2) is 8.85. The van der Waals surface area contributed by atoms with E-state index < -0.39 is 0 Å². The smallest absolute Gasteiger partial charge is 0.290 e. The Bertz CT molecular complexity index is 964. The van der Waals surface area contributed by atoms with Crippen LogP contribution in [-0.2, 0) is 4.79 Å². The summed E-state index contributed by atoms with van der Waals surface area (Å²) in [5.41, 5.74) is 1.92. The van der Waals surface area contributed by atoms with Crippen molar-refractivity contribution in [3.05, 3.63) is 35.7 Å². The number of benzene rings is 1. The fourth-order valence-electron chi connectivity index (χ4n) is 3.30. The molecule has 0 bridgehead atoms. The molecule has 1 aliphatic heterocycles. The third kappa shape index (κ3) is 4.32. The lowest BCUT2D eigenvalue weighted by Crippen LogP contribution is -2.40. The van der Waals surface area contributed by atoms with Crippen molar-refractivity contribution in [1.29, 1.82) is 0 Å². The highest BCUT2D eigenvalue weighted by Crippen LogP contribution is 2.33. The minimum atomic E-state index is -0.250. The molecule has 4 rings (SSSR count). The number of anilines is 1. The van der Waals surface area contributed by atoms with E-state index in [1.54, 1.807) is 24.7 Å². The largest absolute Gasteiger partial charge is 0.507 e. The summed E-state index contributed by atoms with van der Waals surface area (Å²) in [4.78, 5) is 14.9. The Labute approximate surface area is 166 Å². The van der Waals surface area contributed by atoms with Crippen molar-refractivity contribution in [2.45, 2.75) is 18.9 Å². The number of phenols is 1. The first-order chi connectivity index (χ1) is 13.5. The van der Waals surface area contributed by atoms with E-state index in [1.165, 1.54) is 6.07 Å². The Morgan fingerprint density at radius 3 is 2.86 bits per heavy atom. The molecule has 0 spiro atoms. The predicted octanol–water partition coefficient (Wildman–Crippen LogP) is 2.36. The summed E-state index contributed by atoms with van der Waals surface area (Å²) < 4.78 is 1.87. The number of hydrogen-bond donors (Lipinski definition) is 3. The van der Waals surface area contributed by atoms with Gasteiger partial charge >= 0.3 is 0 Å². The van der Waals surface area contributed by atoms with Gasteiger partial charge in [-0.05, 0) is 44.6 Å². The van der Waals surface area contributed by atoms with Gasteiger partial charge in [-0.25, -0.2) is 4.98 Å². The van der Waals surface area contributed by atoms with Crippen LogP contribution in [0.3, 0.4) is 0 Å². The van der Waals surface area contributed by atoms with Crippen molar-refractivity contribution in [2.24, 2.45) is 0 Å². The monoisotopic (exact) mass is 404 g/mol. The van der Waals surface area contributed by atoms with Gasteiger partial charge in [-0.3, -0.25) is 9.20 Å². The van der Waals surface area contributed by atoms with Crippen molar-refractivity contribution in [2.75, 3.05) is 25.5 Å². The molecule has 148 valence electrons. The summed E-state index contributed by atoms with van der Waals surface area (Å²) in [5.74, 6) is 0.726. The molecular formula is C18H21ClN6O3. The van der Waals surface area contributed by atoms with Crippen molar-refractivity contribution >= 4 is 29.5 Å². The summed E-state index contributed by atoms with van der Waals surface area (Å²) in [5, 5.41) is 29.7. The van der Waals surface area contributed by atoms with Gasteiger partial charge in [0.1, 0.15) is 17.8 Å². The molecule has 1 atom stereocenters. The maximum Gasteiger partial charge on any atom is 0.290 e. The molecule has 1 aromatic carbocycles. The number of hydrogen-bond acceptors (Lipinski definition) is 7. The molecule has 1 saturated heterocycles. The first kappa shape index (κ1) is 19.8. The van der Waals surface area contributed by atoms with Gasteiger partial charge in [0.15, 0.2) is 0 Å². The van der Waals surface area contributed by atoms with Crippen LogP contribution in [0.2, 0.25) is 5.02 Å². The van der Waals surface area contributed by atoms with E-state index in [-0.39, 0.29) is 12.2 Å². The minimum Gasteiger partial charge on any atom is -0.507 e.